The Balaban J connectivity index is 0.982. The molecule has 382 valence electrons. The van der Waals surface area contributed by atoms with Gasteiger partial charge in [-0.25, -0.2) is 54.9 Å². The Morgan fingerprint density at radius 3 is 1.10 bits per heavy atom. The van der Waals surface area contributed by atoms with Gasteiger partial charge in [-0.1, -0.05) is 194 Å². The molecule has 0 saturated carbocycles. The standard InChI is InChI=1S/C32H18N8.C32H16N8.2Al.O/c2*1-2-10-18-17(9-1)25-33-26(18)38-28-21-13-5-6-14-22(21)30(35-28)40-32-24-16-8-7-15-23(24)31(36-32)39-29-20-12-4-3-11-19(20)27(34-29)37-25;;;/h1-16,25H,(H-,33,34,35,37,38,39,40);1-16H;;;/q2*-2;2*+2;. The first-order chi connectivity index (χ1) is 41.1. The highest BCUT2D eigenvalue weighted by atomic mass is 27.3. The van der Waals surface area contributed by atoms with Crippen LogP contribution in [0.4, 0.5) is 23.3 Å². The molecule has 9 aliphatic rings. The summed E-state index contributed by atoms with van der Waals surface area (Å²) in [6, 6.07) is 66.5. The van der Waals surface area contributed by atoms with Gasteiger partial charge >= 0.3 is 29.8 Å². The molecule has 17 nitrogen and oxygen atoms in total. The van der Waals surface area contributed by atoms with Crippen molar-refractivity contribution in [3.05, 3.63) is 261 Å². The molecular weight excluding hydrogens is 1060 g/mol. The molecule has 0 radical (unpaired) electrons. The van der Waals surface area contributed by atoms with Crippen LogP contribution in [0.3, 0.4) is 0 Å². The fourth-order valence-corrected chi connectivity index (χ4v) is 20.1. The van der Waals surface area contributed by atoms with Crippen molar-refractivity contribution in [1.82, 2.24) is 19.9 Å². The van der Waals surface area contributed by atoms with Crippen LogP contribution >= 0.6 is 0 Å². The Kier molecular flexibility index (Phi) is 8.65. The molecule has 83 heavy (non-hydrogen) atoms. The average Bonchev–Trinajstić information content (AvgIpc) is 2.34. The van der Waals surface area contributed by atoms with Gasteiger partial charge in [0.1, 0.15) is 52.1 Å². The van der Waals surface area contributed by atoms with E-state index >= 15 is 0 Å². The SMILES string of the molecule is c1ccc2c(c1)C1=NC2=Nc2c3ccccc3c3[n]2[Al]([O][Al]2[N]4C5=NC6=N/C(=N\c7c8ccccc8c([n]72)/N=C2\N=C(NC4c4ccccc45)c4ccccc42)c2ccccc26)[n]2c(c4ccccc4c2=NC2=NC(=N3)c3ccccc32)=N1. The third-order valence-electron chi connectivity index (χ3n) is 17.0. The highest BCUT2D eigenvalue weighted by Gasteiger charge is 2.56. The van der Waals surface area contributed by atoms with E-state index in [2.05, 4.69) is 172 Å². The second kappa shape index (κ2) is 16.2. The van der Waals surface area contributed by atoms with Gasteiger partial charge in [-0.2, -0.15) is 0 Å². The molecule has 9 aliphatic heterocycles. The molecule has 11 aromatic rings. The van der Waals surface area contributed by atoms with E-state index in [-0.39, 0.29) is 0 Å². The number of hydrogen-bond donors (Lipinski definition) is 1. The van der Waals surface area contributed by atoms with E-state index in [1.54, 1.807) is 0 Å². The highest BCUT2D eigenvalue weighted by molar-refractivity contribution is 6.66. The number of fused-ring (bicyclic) bond motifs is 28. The number of benzene rings is 8. The van der Waals surface area contributed by atoms with E-state index < -0.39 is 36.0 Å². The van der Waals surface area contributed by atoms with Crippen LogP contribution in [0.2, 0.25) is 0 Å². The molecule has 20 rings (SSSR count). The summed E-state index contributed by atoms with van der Waals surface area (Å²) in [4.78, 5) is 61.6. The lowest BCUT2D eigenvalue weighted by molar-refractivity contribution is 0.377. The number of amidine groups is 9. The van der Waals surface area contributed by atoms with Gasteiger partial charge in [0.05, 0.1) is 0 Å². The van der Waals surface area contributed by atoms with Gasteiger partial charge in [0.2, 0.25) is 0 Å². The van der Waals surface area contributed by atoms with Crippen molar-refractivity contribution in [1.29, 1.82) is 0 Å². The highest BCUT2D eigenvalue weighted by Crippen LogP contribution is 2.47. The van der Waals surface area contributed by atoms with E-state index in [0.29, 0.717) is 86.8 Å². The molecule has 0 spiro atoms. The summed E-state index contributed by atoms with van der Waals surface area (Å²) in [5.41, 5.74) is 10.3. The van der Waals surface area contributed by atoms with Gasteiger partial charge in [0, 0.05) is 88.0 Å². The van der Waals surface area contributed by atoms with Gasteiger partial charge in [0.25, 0.3) is 0 Å². The fraction of sp³-hybridized carbons (Fsp3) is 0.0156. The topological polar surface area (TPSA) is 175 Å². The number of nitrogens with one attached hydrogen (secondary N) is 1. The minimum Gasteiger partial charge on any atom is -0.564 e. The van der Waals surface area contributed by atoms with Crippen molar-refractivity contribution >= 4 is 138 Å². The maximum Gasteiger partial charge on any atom is 0.781 e. The van der Waals surface area contributed by atoms with Crippen molar-refractivity contribution in [3.8, 4) is 0 Å². The lowest BCUT2D eigenvalue weighted by atomic mass is 10.1. The van der Waals surface area contributed by atoms with E-state index in [1.807, 2.05) is 42.5 Å². The summed E-state index contributed by atoms with van der Waals surface area (Å²) in [5, 5.41) is 9.27. The van der Waals surface area contributed by atoms with Gasteiger partial charge in [-0.05, 0) is 0 Å². The Morgan fingerprint density at radius 1 is 0.301 bits per heavy atom. The predicted molar refractivity (Wildman–Crippen MR) is 324 cm³/mol. The summed E-state index contributed by atoms with van der Waals surface area (Å²) in [7, 11) is 0. The van der Waals surface area contributed by atoms with Crippen LogP contribution in [0.25, 0.3) is 32.3 Å². The smallest absolute Gasteiger partial charge is 0.564 e. The third-order valence-corrected chi connectivity index (χ3v) is 22.8. The molecule has 0 fully saturated rings. The number of aromatic nitrogens is 3. The molecule has 12 heterocycles. The van der Waals surface area contributed by atoms with Crippen LogP contribution in [0.5, 0.6) is 0 Å². The van der Waals surface area contributed by atoms with Crippen molar-refractivity contribution in [3.63, 3.8) is 0 Å². The molecule has 8 aromatic carbocycles. The zero-order chi connectivity index (χ0) is 53.8. The van der Waals surface area contributed by atoms with Crippen LogP contribution in [-0.4, -0.2) is 96.9 Å². The summed E-state index contributed by atoms with van der Waals surface area (Å²) in [6.07, 6.45) is -0.593. The number of nitrogens with zero attached hydrogens (tertiary/aromatic N) is 15. The molecule has 1 atom stereocenters. The maximum absolute atomic E-state index is 8.89. The Hall–Kier alpha value is -10.4. The fourth-order valence-electron chi connectivity index (χ4n) is 13.4. The predicted octanol–water partition coefficient (Wildman–Crippen LogP) is 9.48. The molecule has 19 heteroatoms. The molecule has 12 bridgehead atoms. The van der Waals surface area contributed by atoms with E-state index in [4.69, 9.17) is 57.8 Å². The minimum absolute atomic E-state index is 0.537. The second-order valence-electron chi connectivity index (χ2n) is 21.4. The van der Waals surface area contributed by atoms with Gasteiger partial charge in [0.15, 0.2) is 40.8 Å². The first-order valence-electron chi connectivity index (χ1n) is 27.4. The molecule has 0 aliphatic carbocycles. The zero-order valence-corrected chi connectivity index (χ0v) is 45.6. The average molecular weight is 1100 g/mol. The monoisotopic (exact) mass is 1100 g/mol. The van der Waals surface area contributed by atoms with Gasteiger partial charge in [-0.3, -0.25) is 0 Å². The lowest BCUT2D eigenvalue weighted by Crippen LogP contribution is -2.60. The third kappa shape index (κ3) is 5.95. The van der Waals surface area contributed by atoms with E-state index in [0.717, 1.165) is 88.0 Å². The van der Waals surface area contributed by atoms with E-state index in [1.165, 1.54) is 0 Å². The Morgan fingerprint density at radius 2 is 0.639 bits per heavy atom. The largest absolute Gasteiger partial charge is 0.781 e. The quantitative estimate of drug-likeness (QED) is 0.170. The minimum atomic E-state index is -3.66. The second-order valence-corrected chi connectivity index (χ2v) is 25.9. The summed E-state index contributed by atoms with van der Waals surface area (Å²) < 4.78 is 18.1. The van der Waals surface area contributed by atoms with Gasteiger partial charge in [-0.15, -0.1) is 0 Å². The van der Waals surface area contributed by atoms with E-state index in [9.17, 15) is 0 Å². The molecular formula is C64H34Al2N16O. The van der Waals surface area contributed by atoms with Crippen LogP contribution in [0, 0.1) is 0 Å². The number of aliphatic imine (C=N–C) groups is 9. The van der Waals surface area contributed by atoms with Gasteiger partial charge < -0.3 is 22.7 Å². The van der Waals surface area contributed by atoms with Crippen LogP contribution in [0.1, 0.15) is 61.8 Å². The maximum atomic E-state index is 8.89. The summed E-state index contributed by atoms with van der Waals surface area (Å²) >= 11 is -7.27. The van der Waals surface area contributed by atoms with Crippen molar-refractivity contribution < 1.29 is 2.84 Å². The van der Waals surface area contributed by atoms with Crippen LogP contribution in [0.15, 0.2) is 249 Å². The summed E-state index contributed by atoms with van der Waals surface area (Å²) in [5.74, 6) is 7.74. The molecule has 0 amide bonds. The Bertz CT molecular complexity index is 5230. The Labute approximate surface area is 479 Å². The molecule has 1 unspecified atom stereocenters. The molecule has 3 aromatic heterocycles. The van der Waals surface area contributed by atoms with Crippen molar-refractivity contribution in [2.45, 2.75) is 6.17 Å². The molecule has 1 N–H and O–H groups in total. The number of rotatable bonds is 2. The molecule has 0 saturated heterocycles. The zero-order valence-electron chi connectivity index (χ0n) is 43.3. The van der Waals surface area contributed by atoms with Crippen LogP contribution < -0.4 is 16.3 Å². The lowest BCUT2D eigenvalue weighted by Gasteiger charge is -2.36. The normalized spacial score (nSPS) is 18.7. The van der Waals surface area contributed by atoms with Crippen LogP contribution in [-0.2, 0) is 2.84 Å². The van der Waals surface area contributed by atoms with Crippen molar-refractivity contribution in [2.75, 3.05) is 0 Å². The first kappa shape index (κ1) is 44.4. The van der Waals surface area contributed by atoms with Crippen molar-refractivity contribution in [2.24, 2.45) is 54.9 Å². The summed E-state index contributed by atoms with van der Waals surface area (Å²) in [6.45, 7) is 0. The first-order valence-corrected chi connectivity index (χ1v) is 30.5. The number of hydrogen-bond acceptors (Lipinski definition) is 14.